The molecule has 0 spiro atoms. The van der Waals surface area contributed by atoms with Gasteiger partial charge in [0, 0.05) is 38.3 Å². The minimum absolute atomic E-state index is 0.0756. The van der Waals surface area contributed by atoms with E-state index in [4.69, 9.17) is 4.74 Å². The number of aromatic nitrogens is 2. The number of ether oxygens (including phenoxy) is 1. The number of benzene rings is 2. The zero-order valence-electron chi connectivity index (χ0n) is 19.7. The minimum Gasteiger partial charge on any atom is -0.482 e. The van der Waals surface area contributed by atoms with Crippen molar-refractivity contribution in [1.82, 2.24) is 14.9 Å². The fraction of sp³-hybridized carbons (Fsp3) is 0.385. The van der Waals surface area contributed by atoms with E-state index < -0.39 is 18.9 Å². The Bertz CT molecular complexity index is 1190. The molecule has 1 fully saturated rings. The molecule has 10 heteroatoms. The lowest BCUT2D eigenvalue weighted by Crippen LogP contribution is -2.55. The van der Waals surface area contributed by atoms with Crippen molar-refractivity contribution in [2.75, 3.05) is 36.5 Å². The second kappa shape index (κ2) is 10.3. The van der Waals surface area contributed by atoms with Gasteiger partial charge in [-0.3, -0.25) is 4.90 Å². The van der Waals surface area contributed by atoms with Gasteiger partial charge in [0.15, 0.2) is 6.61 Å². The van der Waals surface area contributed by atoms with Crippen LogP contribution >= 0.6 is 0 Å². The lowest BCUT2D eigenvalue weighted by atomic mass is 9.94. The third-order valence-corrected chi connectivity index (χ3v) is 6.69. The Balaban J connectivity index is 1.23. The minimum atomic E-state index is -4.43. The van der Waals surface area contributed by atoms with Crippen molar-refractivity contribution in [3.63, 3.8) is 0 Å². The van der Waals surface area contributed by atoms with Gasteiger partial charge in [0.05, 0.1) is 11.8 Å². The van der Waals surface area contributed by atoms with Gasteiger partial charge < -0.3 is 20.1 Å². The zero-order valence-corrected chi connectivity index (χ0v) is 19.7. The number of alkyl halides is 3. The number of rotatable bonds is 6. The molecule has 0 amide bonds. The smallest absolute Gasteiger partial charge is 0.422 e. The number of nitrogens with zero attached hydrogens (tertiary/aromatic N) is 4. The van der Waals surface area contributed by atoms with Crippen molar-refractivity contribution < 1.29 is 23.0 Å². The summed E-state index contributed by atoms with van der Waals surface area (Å²) in [7, 11) is 0. The first-order valence-corrected chi connectivity index (χ1v) is 12.0. The molecule has 3 aromatic rings. The van der Waals surface area contributed by atoms with Crippen LogP contribution in [0.1, 0.15) is 17.5 Å². The number of anilines is 3. The van der Waals surface area contributed by atoms with Crippen molar-refractivity contribution in [2.24, 2.45) is 0 Å². The van der Waals surface area contributed by atoms with Crippen LogP contribution in [0.2, 0.25) is 0 Å². The summed E-state index contributed by atoms with van der Waals surface area (Å²) < 4.78 is 42.8. The fourth-order valence-electron chi connectivity index (χ4n) is 4.94. The Kier molecular flexibility index (Phi) is 6.97. The molecule has 5 rings (SSSR count). The van der Waals surface area contributed by atoms with Gasteiger partial charge in [0.1, 0.15) is 23.7 Å². The summed E-state index contributed by atoms with van der Waals surface area (Å²) in [4.78, 5) is 13.0. The number of halogens is 3. The normalized spacial score (nSPS) is 20.6. The van der Waals surface area contributed by atoms with Gasteiger partial charge in [-0.05, 0) is 36.1 Å². The molecule has 0 bridgehead atoms. The Morgan fingerprint density at radius 2 is 1.81 bits per heavy atom. The van der Waals surface area contributed by atoms with Crippen LogP contribution in [0.4, 0.5) is 30.5 Å². The van der Waals surface area contributed by atoms with Gasteiger partial charge in [0.2, 0.25) is 0 Å². The molecular formula is C26H28F3N5O2. The summed E-state index contributed by atoms with van der Waals surface area (Å²) in [6.45, 7) is 1.55. The molecule has 1 aromatic heterocycles. The number of hydrogen-bond donors (Lipinski definition) is 2. The highest BCUT2D eigenvalue weighted by atomic mass is 19.4. The Morgan fingerprint density at radius 3 is 2.61 bits per heavy atom. The third-order valence-electron chi connectivity index (χ3n) is 6.69. The summed E-state index contributed by atoms with van der Waals surface area (Å²) in [5.41, 5.74) is 3.08. The van der Waals surface area contributed by atoms with Gasteiger partial charge in [-0.15, -0.1) is 0 Å². The van der Waals surface area contributed by atoms with E-state index in [0.717, 1.165) is 32.5 Å². The van der Waals surface area contributed by atoms with Crippen LogP contribution in [0.5, 0.6) is 5.75 Å². The first-order chi connectivity index (χ1) is 17.4. The van der Waals surface area contributed by atoms with Gasteiger partial charge in [0.25, 0.3) is 0 Å². The topological polar surface area (TPSA) is 73.8 Å². The van der Waals surface area contributed by atoms with E-state index in [-0.39, 0.29) is 11.8 Å². The SMILES string of the molecule is O[C@@H]1CN(c2cc(Nc3ccccc3OCC(F)(F)F)ncn2)CCC1N1CCc2ccccc2C1. The molecular weight excluding hydrogens is 471 g/mol. The largest absolute Gasteiger partial charge is 0.482 e. The average molecular weight is 500 g/mol. The van der Waals surface area contributed by atoms with Crippen LogP contribution in [0.15, 0.2) is 60.9 Å². The molecule has 1 unspecified atom stereocenters. The third kappa shape index (κ3) is 5.71. The summed E-state index contributed by atoms with van der Waals surface area (Å²) in [5.74, 6) is 1.14. The highest BCUT2D eigenvalue weighted by molar-refractivity contribution is 5.65. The molecule has 2 aliphatic rings. The lowest BCUT2D eigenvalue weighted by Gasteiger charge is -2.43. The molecule has 0 aliphatic carbocycles. The van der Waals surface area contributed by atoms with Crippen molar-refractivity contribution in [2.45, 2.75) is 37.7 Å². The van der Waals surface area contributed by atoms with Crippen molar-refractivity contribution in [3.8, 4) is 5.75 Å². The molecule has 1 saturated heterocycles. The first-order valence-electron chi connectivity index (χ1n) is 12.0. The number of β-amino-alcohol motifs (C(OH)–C–C–N with tert-alkyl or cyclic N) is 1. The maximum atomic E-state index is 12.6. The lowest BCUT2D eigenvalue weighted by molar-refractivity contribution is -0.153. The van der Waals surface area contributed by atoms with Gasteiger partial charge >= 0.3 is 6.18 Å². The Morgan fingerprint density at radius 1 is 1.03 bits per heavy atom. The van der Waals surface area contributed by atoms with Crippen LogP contribution < -0.4 is 15.0 Å². The predicted octanol–water partition coefficient (Wildman–Crippen LogP) is 4.16. The number of aliphatic hydroxyl groups is 1. The van der Waals surface area contributed by atoms with E-state index in [1.807, 2.05) is 4.90 Å². The first kappa shape index (κ1) is 24.3. The van der Waals surface area contributed by atoms with Gasteiger partial charge in [-0.1, -0.05) is 36.4 Å². The molecule has 2 atom stereocenters. The molecule has 3 heterocycles. The van der Waals surface area contributed by atoms with Crippen LogP contribution in [0.25, 0.3) is 0 Å². The van der Waals surface area contributed by atoms with E-state index in [0.29, 0.717) is 23.9 Å². The van der Waals surface area contributed by atoms with E-state index in [1.54, 1.807) is 24.3 Å². The summed E-state index contributed by atoms with van der Waals surface area (Å²) in [6, 6.07) is 16.7. The van der Waals surface area contributed by atoms with Crippen LogP contribution in [-0.2, 0) is 13.0 Å². The van der Waals surface area contributed by atoms with Crippen LogP contribution in [0.3, 0.4) is 0 Å². The van der Waals surface area contributed by atoms with Crippen LogP contribution in [-0.4, -0.2) is 64.5 Å². The highest BCUT2D eigenvalue weighted by Gasteiger charge is 2.34. The monoisotopic (exact) mass is 499 g/mol. The van der Waals surface area contributed by atoms with E-state index >= 15 is 0 Å². The second-order valence-electron chi connectivity index (χ2n) is 9.15. The Hall–Kier alpha value is -3.37. The average Bonchev–Trinajstić information content (AvgIpc) is 2.87. The maximum absolute atomic E-state index is 12.6. The van der Waals surface area contributed by atoms with E-state index in [2.05, 4.69) is 44.5 Å². The fourth-order valence-corrected chi connectivity index (χ4v) is 4.94. The van der Waals surface area contributed by atoms with Crippen molar-refractivity contribution in [3.05, 3.63) is 72.1 Å². The standard InChI is InChI=1S/C26H28F3N5O2/c27-26(28,29)16-36-23-8-4-3-7-20(23)32-24-13-25(31-17-30-24)34-12-10-21(22(35)15-34)33-11-9-18-5-1-2-6-19(18)14-33/h1-8,13,17,21-22,35H,9-12,14-16H2,(H,30,31,32)/t21?,22-/m1/s1. The quantitative estimate of drug-likeness (QED) is 0.528. The molecule has 2 aromatic carbocycles. The van der Waals surface area contributed by atoms with Crippen LogP contribution in [0, 0.1) is 0 Å². The summed E-state index contributed by atoms with van der Waals surface area (Å²) in [6.07, 6.45) is -1.79. The van der Waals surface area contributed by atoms with Crippen molar-refractivity contribution in [1.29, 1.82) is 0 Å². The number of nitrogens with one attached hydrogen (secondary N) is 1. The molecule has 2 aliphatic heterocycles. The maximum Gasteiger partial charge on any atom is 0.422 e. The molecule has 7 nitrogen and oxygen atoms in total. The Labute approximate surface area is 207 Å². The van der Waals surface area contributed by atoms with Gasteiger partial charge in [-0.25, -0.2) is 9.97 Å². The summed E-state index contributed by atoms with van der Waals surface area (Å²) in [5, 5.41) is 14.0. The molecule has 2 N–H and O–H groups in total. The number of hydrogen-bond acceptors (Lipinski definition) is 7. The number of aliphatic hydroxyl groups excluding tert-OH is 1. The van der Waals surface area contributed by atoms with E-state index in [9.17, 15) is 18.3 Å². The number of piperidine rings is 1. The number of para-hydroxylation sites is 2. The molecule has 36 heavy (non-hydrogen) atoms. The van der Waals surface area contributed by atoms with E-state index in [1.165, 1.54) is 23.5 Å². The highest BCUT2D eigenvalue weighted by Crippen LogP contribution is 2.31. The summed E-state index contributed by atoms with van der Waals surface area (Å²) >= 11 is 0. The molecule has 0 saturated carbocycles. The molecule has 0 radical (unpaired) electrons. The van der Waals surface area contributed by atoms with Crippen molar-refractivity contribution >= 4 is 17.3 Å². The van der Waals surface area contributed by atoms with Gasteiger partial charge in [-0.2, -0.15) is 13.2 Å². The zero-order chi connectivity index (χ0) is 25.1. The molecule has 190 valence electrons. The number of fused-ring (bicyclic) bond motifs is 1. The predicted molar refractivity (Wildman–Crippen MR) is 130 cm³/mol. The second-order valence-corrected chi connectivity index (χ2v) is 9.15.